The first-order chi connectivity index (χ1) is 12.0. The van der Waals surface area contributed by atoms with Crippen LogP contribution in [0.5, 0.6) is 0 Å². The normalized spacial score (nSPS) is 18.2. The van der Waals surface area contributed by atoms with E-state index in [4.69, 9.17) is 11.6 Å². The molecule has 2 amide bonds. The third kappa shape index (κ3) is 4.61. The lowest BCUT2D eigenvalue weighted by Crippen LogP contribution is -2.28. The Bertz CT molecular complexity index is 836. The summed E-state index contributed by atoms with van der Waals surface area (Å²) in [7, 11) is 0. The zero-order valence-electron chi connectivity index (χ0n) is 13.5. The van der Waals surface area contributed by atoms with Gasteiger partial charge in [0.15, 0.2) is 5.17 Å². The predicted molar refractivity (Wildman–Crippen MR) is 102 cm³/mol. The Balaban J connectivity index is 1.62. The number of anilines is 1. The Hall–Kier alpha value is -2.31. The first kappa shape index (κ1) is 17.5. The van der Waals surface area contributed by atoms with Gasteiger partial charge in [-0.25, -0.2) is 4.99 Å². The molecule has 1 atom stereocenters. The van der Waals surface area contributed by atoms with Gasteiger partial charge in [0.05, 0.1) is 5.69 Å². The molecule has 2 aromatic carbocycles. The third-order valence-electron chi connectivity index (χ3n) is 3.62. The molecule has 0 bridgehead atoms. The van der Waals surface area contributed by atoms with Crippen molar-refractivity contribution in [2.24, 2.45) is 4.99 Å². The zero-order valence-corrected chi connectivity index (χ0v) is 15.0. The van der Waals surface area contributed by atoms with Gasteiger partial charge in [-0.3, -0.25) is 9.59 Å². The number of carbonyl (C=O) groups excluding carboxylic acids is 2. The SMILES string of the molecule is Cc1ccccc1NC(=O)CC1SC(=Nc2ccc(Cl)cc2)NC1=O. The van der Waals surface area contributed by atoms with E-state index in [0.717, 1.165) is 11.3 Å². The molecule has 1 saturated heterocycles. The monoisotopic (exact) mass is 373 g/mol. The van der Waals surface area contributed by atoms with Crippen LogP contribution in [0, 0.1) is 6.92 Å². The molecule has 0 aromatic heterocycles. The fourth-order valence-corrected chi connectivity index (χ4v) is 3.42. The van der Waals surface area contributed by atoms with Gasteiger partial charge in [-0.05, 0) is 42.8 Å². The number of aliphatic imine (C=N–C) groups is 1. The summed E-state index contributed by atoms with van der Waals surface area (Å²) in [6.07, 6.45) is 0.0878. The van der Waals surface area contributed by atoms with Gasteiger partial charge in [0.25, 0.3) is 0 Å². The average molecular weight is 374 g/mol. The number of hydrogen-bond donors (Lipinski definition) is 2. The van der Waals surface area contributed by atoms with Crippen LogP contribution in [0.4, 0.5) is 11.4 Å². The summed E-state index contributed by atoms with van der Waals surface area (Å²) in [4.78, 5) is 28.6. The number of thioether (sulfide) groups is 1. The molecule has 1 heterocycles. The van der Waals surface area contributed by atoms with E-state index in [1.807, 2.05) is 31.2 Å². The molecular formula is C18H16ClN3O2S. The average Bonchev–Trinajstić information content (AvgIpc) is 2.91. The van der Waals surface area contributed by atoms with E-state index >= 15 is 0 Å². The van der Waals surface area contributed by atoms with Gasteiger partial charge < -0.3 is 10.6 Å². The van der Waals surface area contributed by atoms with Gasteiger partial charge in [0.2, 0.25) is 11.8 Å². The summed E-state index contributed by atoms with van der Waals surface area (Å²) in [5, 5.41) is 6.17. The van der Waals surface area contributed by atoms with Crippen molar-refractivity contribution in [3.63, 3.8) is 0 Å². The number of nitrogens with zero attached hydrogens (tertiary/aromatic N) is 1. The summed E-state index contributed by atoms with van der Waals surface area (Å²) in [5.74, 6) is -0.410. The second-order valence-corrected chi connectivity index (χ2v) is 7.18. The van der Waals surface area contributed by atoms with Crippen LogP contribution < -0.4 is 10.6 Å². The Morgan fingerprint density at radius 3 is 2.68 bits per heavy atom. The molecule has 1 aliphatic heterocycles. The Labute approximate surface area is 154 Å². The van der Waals surface area contributed by atoms with Crippen molar-refractivity contribution >= 4 is 51.7 Å². The molecular weight excluding hydrogens is 358 g/mol. The summed E-state index contributed by atoms with van der Waals surface area (Å²) in [6, 6.07) is 14.5. The molecule has 25 heavy (non-hydrogen) atoms. The summed E-state index contributed by atoms with van der Waals surface area (Å²) < 4.78 is 0. The standard InChI is InChI=1S/C18H16ClN3O2S/c1-11-4-2-3-5-14(11)21-16(23)10-15-17(24)22-18(25-15)20-13-8-6-12(19)7-9-13/h2-9,15H,10H2,1H3,(H,21,23)(H,20,22,24). The number of benzene rings is 2. The minimum absolute atomic E-state index is 0.0878. The van der Waals surface area contributed by atoms with E-state index in [-0.39, 0.29) is 18.2 Å². The number of aryl methyl sites for hydroxylation is 1. The van der Waals surface area contributed by atoms with Crippen molar-refractivity contribution in [2.45, 2.75) is 18.6 Å². The molecule has 1 unspecified atom stereocenters. The molecule has 5 nitrogen and oxygen atoms in total. The number of nitrogens with one attached hydrogen (secondary N) is 2. The Kier molecular flexibility index (Phi) is 5.40. The summed E-state index contributed by atoms with van der Waals surface area (Å²) in [6.45, 7) is 1.92. The van der Waals surface area contributed by atoms with E-state index in [1.54, 1.807) is 24.3 Å². The number of halogens is 1. The topological polar surface area (TPSA) is 70.6 Å². The first-order valence-electron chi connectivity index (χ1n) is 7.68. The van der Waals surface area contributed by atoms with E-state index in [9.17, 15) is 9.59 Å². The highest BCUT2D eigenvalue weighted by molar-refractivity contribution is 8.15. The lowest BCUT2D eigenvalue weighted by Gasteiger charge is -2.09. The van der Waals surface area contributed by atoms with Gasteiger partial charge in [-0.1, -0.05) is 41.6 Å². The van der Waals surface area contributed by atoms with Crippen molar-refractivity contribution in [1.82, 2.24) is 5.32 Å². The molecule has 7 heteroatoms. The van der Waals surface area contributed by atoms with Gasteiger partial charge in [0, 0.05) is 17.1 Å². The molecule has 0 saturated carbocycles. The summed E-state index contributed by atoms with van der Waals surface area (Å²) in [5.41, 5.74) is 2.42. The minimum atomic E-state index is -0.491. The van der Waals surface area contributed by atoms with Crippen LogP contribution in [0.3, 0.4) is 0 Å². The molecule has 3 rings (SSSR count). The van der Waals surface area contributed by atoms with Crippen LogP contribution in [0.15, 0.2) is 53.5 Å². The number of hydrogen-bond acceptors (Lipinski definition) is 4. The highest BCUT2D eigenvalue weighted by atomic mass is 35.5. The minimum Gasteiger partial charge on any atom is -0.326 e. The van der Waals surface area contributed by atoms with Crippen LogP contribution in [0.25, 0.3) is 0 Å². The first-order valence-corrected chi connectivity index (χ1v) is 8.94. The summed E-state index contributed by atoms with van der Waals surface area (Å²) >= 11 is 7.10. The van der Waals surface area contributed by atoms with Crippen LogP contribution in [-0.2, 0) is 9.59 Å². The molecule has 2 aromatic rings. The van der Waals surface area contributed by atoms with Gasteiger partial charge in [-0.15, -0.1) is 0 Å². The molecule has 1 aliphatic rings. The number of amidine groups is 1. The number of carbonyl (C=O) groups is 2. The van der Waals surface area contributed by atoms with Crippen molar-refractivity contribution in [3.05, 3.63) is 59.1 Å². The van der Waals surface area contributed by atoms with Crippen LogP contribution in [-0.4, -0.2) is 22.2 Å². The number of rotatable bonds is 4. The van der Waals surface area contributed by atoms with E-state index in [1.165, 1.54) is 11.8 Å². The molecule has 2 N–H and O–H groups in total. The smallest absolute Gasteiger partial charge is 0.240 e. The maximum absolute atomic E-state index is 12.2. The van der Waals surface area contributed by atoms with Crippen LogP contribution in [0.2, 0.25) is 5.02 Å². The molecule has 128 valence electrons. The third-order valence-corrected chi connectivity index (χ3v) is 4.96. The van der Waals surface area contributed by atoms with E-state index < -0.39 is 5.25 Å². The van der Waals surface area contributed by atoms with Crippen molar-refractivity contribution in [1.29, 1.82) is 0 Å². The van der Waals surface area contributed by atoms with Crippen LogP contribution >= 0.6 is 23.4 Å². The zero-order chi connectivity index (χ0) is 17.8. The quantitative estimate of drug-likeness (QED) is 0.853. The fourth-order valence-electron chi connectivity index (χ4n) is 2.31. The molecule has 0 radical (unpaired) electrons. The maximum Gasteiger partial charge on any atom is 0.240 e. The second kappa shape index (κ2) is 7.72. The largest absolute Gasteiger partial charge is 0.326 e. The van der Waals surface area contributed by atoms with Crippen molar-refractivity contribution in [2.75, 3.05) is 5.32 Å². The van der Waals surface area contributed by atoms with E-state index in [0.29, 0.717) is 15.9 Å². The highest BCUT2D eigenvalue weighted by Crippen LogP contribution is 2.26. The van der Waals surface area contributed by atoms with Gasteiger partial charge in [-0.2, -0.15) is 0 Å². The molecule has 0 aliphatic carbocycles. The molecule has 0 spiro atoms. The number of amides is 2. The maximum atomic E-state index is 12.2. The Morgan fingerprint density at radius 1 is 1.24 bits per heavy atom. The predicted octanol–water partition coefficient (Wildman–Crippen LogP) is 3.90. The van der Waals surface area contributed by atoms with E-state index in [2.05, 4.69) is 15.6 Å². The highest BCUT2D eigenvalue weighted by Gasteiger charge is 2.32. The van der Waals surface area contributed by atoms with Crippen LogP contribution in [0.1, 0.15) is 12.0 Å². The van der Waals surface area contributed by atoms with Gasteiger partial charge >= 0.3 is 0 Å². The lowest BCUT2D eigenvalue weighted by molar-refractivity contribution is -0.122. The Morgan fingerprint density at radius 2 is 1.96 bits per heavy atom. The van der Waals surface area contributed by atoms with Crippen molar-refractivity contribution < 1.29 is 9.59 Å². The lowest BCUT2D eigenvalue weighted by atomic mass is 10.2. The van der Waals surface area contributed by atoms with Crippen molar-refractivity contribution in [3.8, 4) is 0 Å². The van der Waals surface area contributed by atoms with Gasteiger partial charge in [0.1, 0.15) is 5.25 Å². The number of para-hydroxylation sites is 1. The molecule has 1 fully saturated rings. The fraction of sp³-hybridized carbons (Fsp3) is 0.167. The second-order valence-electron chi connectivity index (χ2n) is 5.56.